The Bertz CT molecular complexity index is 737. The number of aryl methyl sites for hydroxylation is 1. The smallest absolute Gasteiger partial charge is 0.407 e. The van der Waals surface area contributed by atoms with E-state index in [4.69, 9.17) is 4.74 Å². The molecule has 1 aromatic carbocycles. The fraction of sp³-hybridized carbons (Fsp3) is 0.312. The van der Waals surface area contributed by atoms with Crippen LogP contribution in [0.15, 0.2) is 46.7 Å². The van der Waals surface area contributed by atoms with Gasteiger partial charge in [-0.3, -0.25) is 0 Å². The minimum absolute atomic E-state index is 0.0322. The summed E-state index contributed by atoms with van der Waals surface area (Å²) in [5, 5.41) is 3.50. The summed E-state index contributed by atoms with van der Waals surface area (Å²) >= 11 is 1.35. The van der Waals surface area contributed by atoms with Crippen molar-refractivity contribution in [3.8, 4) is 0 Å². The van der Waals surface area contributed by atoms with Gasteiger partial charge < -0.3 is 10.1 Å². The van der Waals surface area contributed by atoms with Gasteiger partial charge in [-0.25, -0.2) is 13.2 Å². The molecule has 1 unspecified atom stereocenters. The molecule has 5 nitrogen and oxygen atoms in total. The van der Waals surface area contributed by atoms with Gasteiger partial charge in [-0.1, -0.05) is 23.8 Å². The molecule has 0 aliphatic heterocycles. The summed E-state index contributed by atoms with van der Waals surface area (Å²) in [6.45, 7) is 3.80. The van der Waals surface area contributed by atoms with Gasteiger partial charge in [0, 0.05) is 11.4 Å². The summed E-state index contributed by atoms with van der Waals surface area (Å²) in [6, 6.07) is 10.3. The van der Waals surface area contributed by atoms with E-state index in [2.05, 4.69) is 5.32 Å². The van der Waals surface area contributed by atoms with Crippen LogP contribution in [0, 0.1) is 6.92 Å². The molecule has 0 saturated carbocycles. The third-order valence-electron chi connectivity index (χ3n) is 3.29. The highest BCUT2D eigenvalue weighted by molar-refractivity contribution is 7.91. The number of amides is 1. The lowest BCUT2D eigenvalue weighted by Crippen LogP contribution is -2.32. The van der Waals surface area contributed by atoms with Crippen molar-refractivity contribution in [2.45, 2.75) is 24.0 Å². The van der Waals surface area contributed by atoms with E-state index in [1.165, 1.54) is 11.3 Å². The standard InChI is InChI=1S/C16H19NO4S2/c1-3-21-16(18)17-11-15(14-5-4-10-22-14)23(19,20)13-8-6-12(2)7-9-13/h4-10,15H,3,11H2,1-2H3,(H,17,18). The van der Waals surface area contributed by atoms with Crippen molar-refractivity contribution in [2.75, 3.05) is 13.2 Å². The molecule has 1 atom stereocenters. The molecule has 2 rings (SSSR count). The fourth-order valence-corrected chi connectivity index (χ4v) is 4.87. The van der Waals surface area contributed by atoms with Gasteiger partial charge in [0.2, 0.25) is 0 Å². The van der Waals surface area contributed by atoms with Gasteiger partial charge in [0.15, 0.2) is 9.84 Å². The van der Waals surface area contributed by atoms with E-state index in [0.717, 1.165) is 5.56 Å². The third-order valence-corrected chi connectivity index (χ3v) is 6.53. The van der Waals surface area contributed by atoms with Crippen LogP contribution in [0.25, 0.3) is 0 Å². The first-order valence-corrected chi connectivity index (χ1v) is 9.62. The molecule has 7 heteroatoms. The number of benzene rings is 1. The number of hydrogen-bond acceptors (Lipinski definition) is 5. The number of thiophene rings is 1. The van der Waals surface area contributed by atoms with E-state index < -0.39 is 21.2 Å². The predicted octanol–water partition coefficient (Wildman–Crippen LogP) is 3.32. The van der Waals surface area contributed by atoms with Crippen LogP contribution in [0.1, 0.15) is 22.6 Å². The monoisotopic (exact) mass is 353 g/mol. The number of sulfone groups is 1. The molecule has 0 spiro atoms. The SMILES string of the molecule is CCOC(=O)NCC(c1cccs1)S(=O)(=O)c1ccc(C)cc1. The summed E-state index contributed by atoms with van der Waals surface area (Å²) in [7, 11) is -3.61. The van der Waals surface area contributed by atoms with Crippen LogP contribution in [0.5, 0.6) is 0 Å². The molecule has 124 valence electrons. The Kier molecular flexibility index (Phi) is 5.79. The molecule has 1 amide bonds. The van der Waals surface area contributed by atoms with E-state index in [0.29, 0.717) is 4.88 Å². The number of alkyl carbamates (subject to hydrolysis) is 1. The maximum absolute atomic E-state index is 12.9. The van der Waals surface area contributed by atoms with Gasteiger partial charge in [-0.2, -0.15) is 0 Å². The van der Waals surface area contributed by atoms with Gasteiger partial charge in [0.25, 0.3) is 0 Å². The predicted molar refractivity (Wildman–Crippen MR) is 90.4 cm³/mol. The summed E-state index contributed by atoms with van der Waals surface area (Å²) < 4.78 is 30.7. The minimum Gasteiger partial charge on any atom is -0.450 e. The van der Waals surface area contributed by atoms with Crippen molar-refractivity contribution in [3.05, 3.63) is 52.2 Å². The third kappa shape index (κ3) is 4.33. The van der Waals surface area contributed by atoms with Crippen molar-refractivity contribution in [1.29, 1.82) is 0 Å². The van der Waals surface area contributed by atoms with Crippen LogP contribution in [0.4, 0.5) is 4.79 Å². The second-order valence-corrected chi connectivity index (χ2v) is 8.07. The Labute approximate surface area is 140 Å². The number of ether oxygens (including phenoxy) is 1. The molecule has 0 aliphatic carbocycles. The van der Waals surface area contributed by atoms with Crippen LogP contribution in [-0.2, 0) is 14.6 Å². The van der Waals surface area contributed by atoms with Crippen molar-refractivity contribution in [3.63, 3.8) is 0 Å². The van der Waals surface area contributed by atoms with E-state index >= 15 is 0 Å². The van der Waals surface area contributed by atoms with E-state index in [1.807, 2.05) is 12.3 Å². The zero-order valence-corrected chi connectivity index (χ0v) is 14.6. The lowest BCUT2D eigenvalue weighted by atomic mass is 10.2. The first-order chi connectivity index (χ1) is 10.9. The van der Waals surface area contributed by atoms with Crippen molar-refractivity contribution in [1.82, 2.24) is 5.32 Å². The zero-order chi connectivity index (χ0) is 16.9. The first kappa shape index (κ1) is 17.5. The van der Waals surface area contributed by atoms with Gasteiger partial charge in [0.1, 0.15) is 5.25 Å². The maximum atomic E-state index is 12.9. The Hall–Kier alpha value is -1.86. The topological polar surface area (TPSA) is 72.5 Å². The summed E-state index contributed by atoms with van der Waals surface area (Å²) in [5.41, 5.74) is 0.987. The summed E-state index contributed by atoms with van der Waals surface area (Å²) in [4.78, 5) is 12.4. The van der Waals surface area contributed by atoms with Crippen molar-refractivity contribution in [2.24, 2.45) is 0 Å². The molecule has 1 heterocycles. The molecule has 0 aliphatic rings. The average molecular weight is 353 g/mol. The number of rotatable bonds is 6. The van der Waals surface area contributed by atoms with E-state index in [1.54, 1.807) is 43.3 Å². The number of nitrogens with one attached hydrogen (secondary N) is 1. The largest absolute Gasteiger partial charge is 0.450 e. The molecule has 0 radical (unpaired) electrons. The minimum atomic E-state index is -3.61. The summed E-state index contributed by atoms with van der Waals surface area (Å²) in [6.07, 6.45) is -0.617. The number of carbonyl (C=O) groups is 1. The second kappa shape index (κ2) is 7.61. The molecule has 2 aromatic rings. The molecule has 23 heavy (non-hydrogen) atoms. The normalized spacial score (nSPS) is 12.6. The van der Waals surface area contributed by atoms with Gasteiger partial charge >= 0.3 is 6.09 Å². The molecule has 1 aromatic heterocycles. The lowest BCUT2D eigenvalue weighted by Gasteiger charge is -2.17. The molecular weight excluding hydrogens is 334 g/mol. The molecule has 1 N–H and O–H groups in total. The Morgan fingerprint density at radius 2 is 1.96 bits per heavy atom. The fourth-order valence-electron chi connectivity index (χ4n) is 2.09. The van der Waals surface area contributed by atoms with Gasteiger partial charge in [-0.05, 0) is 37.4 Å². The molecule has 0 bridgehead atoms. The number of carbonyl (C=O) groups excluding carboxylic acids is 1. The molecule has 0 fully saturated rings. The molecular formula is C16H19NO4S2. The molecule has 0 saturated heterocycles. The summed E-state index contributed by atoms with van der Waals surface area (Å²) in [5.74, 6) is 0. The average Bonchev–Trinajstić information content (AvgIpc) is 3.02. The Morgan fingerprint density at radius 3 is 2.52 bits per heavy atom. The van der Waals surface area contributed by atoms with Gasteiger partial charge in [-0.15, -0.1) is 11.3 Å². The highest BCUT2D eigenvalue weighted by Gasteiger charge is 2.30. The highest BCUT2D eigenvalue weighted by Crippen LogP contribution is 2.31. The van der Waals surface area contributed by atoms with E-state index in [9.17, 15) is 13.2 Å². The quantitative estimate of drug-likeness (QED) is 0.865. The van der Waals surface area contributed by atoms with Gasteiger partial charge in [0.05, 0.1) is 11.5 Å². The highest BCUT2D eigenvalue weighted by atomic mass is 32.2. The van der Waals surface area contributed by atoms with E-state index in [-0.39, 0.29) is 18.0 Å². The maximum Gasteiger partial charge on any atom is 0.407 e. The van der Waals surface area contributed by atoms with Crippen LogP contribution in [0.3, 0.4) is 0 Å². The van der Waals surface area contributed by atoms with Crippen LogP contribution < -0.4 is 5.32 Å². The van der Waals surface area contributed by atoms with Crippen molar-refractivity contribution >= 4 is 27.3 Å². The second-order valence-electron chi connectivity index (χ2n) is 4.96. The Balaban J connectivity index is 2.29. The van der Waals surface area contributed by atoms with Crippen LogP contribution >= 0.6 is 11.3 Å². The van der Waals surface area contributed by atoms with Crippen LogP contribution in [0.2, 0.25) is 0 Å². The lowest BCUT2D eigenvalue weighted by molar-refractivity contribution is 0.152. The zero-order valence-electron chi connectivity index (χ0n) is 13.0. The number of hydrogen-bond donors (Lipinski definition) is 1. The van der Waals surface area contributed by atoms with Crippen LogP contribution in [-0.4, -0.2) is 27.7 Å². The Morgan fingerprint density at radius 1 is 1.26 bits per heavy atom. The first-order valence-electron chi connectivity index (χ1n) is 7.19. The van der Waals surface area contributed by atoms with Crippen molar-refractivity contribution < 1.29 is 17.9 Å².